The molecule has 3 rings (SSSR count). The summed E-state index contributed by atoms with van der Waals surface area (Å²) < 4.78 is 0. The van der Waals surface area contributed by atoms with Crippen molar-refractivity contribution in [2.45, 2.75) is 26.4 Å². The summed E-state index contributed by atoms with van der Waals surface area (Å²) in [6.45, 7) is 8.76. The van der Waals surface area contributed by atoms with Crippen LogP contribution in [0.4, 0.5) is 10.6 Å². The second-order valence-corrected chi connectivity index (χ2v) is 7.77. The van der Waals surface area contributed by atoms with E-state index in [1.807, 2.05) is 30.5 Å². The standard InChI is InChI=1S/C22H31N5O/c1-17(2)21(19-7-5-4-6-8-19)25-22(28)24-16-18-9-10-23-20(15-18)27-13-11-26(3)12-14-27/h4-10,15,17,21H,11-14,16H2,1-3H3,(H2,24,25,28). The molecule has 2 N–H and O–H groups in total. The quantitative estimate of drug-likeness (QED) is 0.807. The summed E-state index contributed by atoms with van der Waals surface area (Å²) in [6, 6.07) is 14.0. The van der Waals surface area contributed by atoms with E-state index in [0.29, 0.717) is 12.5 Å². The number of aromatic nitrogens is 1. The Morgan fingerprint density at radius 1 is 1.11 bits per heavy atom. The summed E-state index contributed by atoms with van der Waals surface area (Å²) in [4.78, 5) is 21.6. The predicted octanol–water partition coefficient (Wildman–Crippen LogP) is 3.03. The van der Waals surface area contributed by atoms with Crippen LogP contribution in [0.2, 0.25) is 0 Å². The Bertz CT molecular complexity index is 757. The minimum atomic E-state index is -0.152. The van der Waals surface area contributed by atoms with Crippen LogP contribution in [0.15, 0.2) is 48.7 Å². The Balaban J connectivity index is 1.56. The smallest absolute Gasteiger partial charge is 0.315 e. The predicted molar refractivity (Wildman–Crippen MR) is 113 cm³/mol. The molecule has 2 heterocycles. The van der Waals surface area contributed by atoms with E-state index >= 15 is 0 Å². The number of benzene rings is 1. The van der Waals surface area contributed by atoms with Gasteiger partial charge in [0.2, 0.25) is 0 Å². The fourth-order valence-electron chi connectivity index (χ4n) is 3.45. The van der Waals surface area contributed by atoms with Crippen molar-refractivity contribution in [1.29, 1.82) is 0 Å². The molecule has 0 aliphatic carbocycles. The molecule has 6 nitrogen and oxygen atoms in total. The summed E-state index contributed by atoms with van der Waals surface area (Å²) >= 11 is 0. The van der Waals surface area contributed by atoms with Crippen LogP contribution in [-0.2, 0) is 6.54 Å². The highest BCUT2D eigenvalue weighted by molar-refractivity contribution is 5.74. The first-order valence-electron chi connectivity index (χ1n) is 10.0. The highest BCUT2D eigenvalue weighted by Gasteiger charge is 2.18. The number of carbonyl (C=O) groups excluding carboxylic acids is 1. The fraction of sp³-hybridized carbons (Fsp3) is 0.455. The Morgan fingerprint density at radius 2 is 1.82 bits per heavy atom. The molecule has 1 aliphatic rings. The van der Waals surface area contributed by atoms with Gasteiger partial charge in [0.05, 0.1) is 6.04 Å². The summed E-state index contributed by atoms with van der Waals surface area (Å²) in [5.74, 6) is 1.29. The number of urea groups is 1. The van der Waals surface area contributed by atoms with Gasteiger partial charge in [-0.1, -0.05) is 44.2 Å². The van der Waals surface area contributed by atoms with Crippen molar-refractivity contribution in [3.63, 3.8) is 0 Å². The highest BCUT2D eigenvalue weighted by atomic mass is 16.2. The van der Waals surface area contributed by atoms with Gasteiger partial charge in [-0.05, 0) is 36.2 Å². The van der Waals surface area contributed by atoms with Crippen LogP contribution in [0.3, 0.4) is 0 Å². The molecule has 1 atom stereocenters. The molecule has 0 bridgehead atoms. The van der Waals surface area contributed by atoms with Gasteiger partial charge in [0, 0.05) is 38.9 Å². The molecule has 0 saturated carbocycles. The number of hydrogen-bond acceptors (Lipinski definition) is 4. The second-order valence-electron chi connectivity index (χ2n) is 7.77. The average molecular weight is 382 g/mol. The number of carbonyl (C=O) groups is 1. The molecule has 1 aromatic carbocycles. The Morgan fingerprint density at radius 3 is 2.50 bits per heavy atom. The van der Waals surface area contributed by atoms with Crippen LogP contribution in [-0.4, -0.2) is 49.1 Å². The lowest BCUT2D eigenvalue weighted by atomic mass is 9.96. The molecule has 1 aliphatic heterocycles. The summed E-state index contributed by atoms with van der Waals surface area (Å²) in [6.07, 6.45) is 1.82. The lowest BCUT2D eigenvalue weighted by Gasteiger charge is -2.33. The topological polar surface area (TPSA) is 60.5 Å². The minimum Gasteiger partial charge on any atom is -0.354 e. The minimum absolute atomic E-state index is 0.0143. The molecule has 2 amide bonds. The average Bonchev–Trinajstić information content (AvgIpc) is 2.71. The summed E-state index contributed by atoms with van der Waals surface area (Å²) in [7, 11) is 2.14. The third-order valence-electron chi connectivity index (χ3n) is 5.20. The molecule has 2 aromatic rings. The fourth-order valence-corrected chi connectivity index (χ4v) is 3.45. The summed E-state index contributed by atoms with van der Waals surface area (Å²) in [5.41, 5.74) is 2.17. The number of nitrogens with one attached hydrogen (secondary N) is 2. The Labute approximate surface area is 167 Å². The first kappa shape index (κ1) is 20.1. The van der Waals surface area contributed by atoms with Crippen LogP contribution in [0.25, 0.3) is 0 Å². The Hall–Kier alpha value is -2.60. The zero-order valence-electron chi connectivity index (χ0n) is 17.1. The van der Waals surface area contributed by atoms with Crippen molar-refractivity contribution in [3.05, 3.63) is 59.8 Å². The number of likely N-dealkylation sites (N-methyl/N-ethyl adjacent to an activating group) is 1. The lowest BCUT2D eigenvalue weighted by molar-refractivity contribution is 0.232. The van der Waals surface area contributed by atoms with E-state index in [1.165, 1.54) is 0 Å². The van der Waals surface area contributed by atoms with Crippen LogP contribution in [0, 0.1) is 5.92 Å². The molecule has 1 fully saturated rings. The second kappa shape index (κ2) is 9.55. The van der Waals surface area contributed by atoms with Gasteiger partial charge in [-0.25, -0.2) is 9.78 Å². The third kappa shape index (κ3) is 5.45. The normalized spacial score (nSPS) is 16.1. The number of rotatable bonds is 6. The van der Waals surface area contributed by atoms with Crippen molar-refractivity contribution in [2.24, 2.45) is 5.92 Å². The number of pyridine rings is 1. The maximum atomic E-state index is 12.5. The molecule has 1 saturated heterocycles. The van der Waals surface area contributed by atoms with Gasteiger partial charge in [-0.3, -0.25) is 0 Å². The van der Waals surface area contributed by atoms with Crippen LogP contribution >= 0.6 is 0 Å². The number of hydrogen-bond donors (Lipinski definition) is 2. The van der Waals surface area contributed by atoms with E-state index in [0.717, 1.165) is 43.1 Å². The van der Waals surface area contributed by atoms with E-state index < -0.39 is 0 Å². The van der Waals surface area contributed by atoms with E-state index in [4.69, 9.17) is 0 Å². The van der Waals surface area contributed by atoms with E-state index in [9.17, 15) is 4.79 Å². The molecular weight excluding hydrogens is 350 g/mol. The van der Waals surface area contributed by atoms with E-state index in [1.54, 1.807) is 0 Å². The molecule has 0 spiro atoms. The zero-order chi connectivity index (χ0) is 19.9. The molecule has 1 unspecified atom stereocenters. The maximum Gasteiger partial charge on any atom is 0.315 e. The third-order valence-corrected chi connectivity index (χ3v) is 5.20. The van der Waals surface area contributed by atoms with E-state index in [2.05, 4.69) is 64.5 Å². The van der Waals surface area contributed by atoms with Crippen LogP contribution in [0.5, 0.6) is 0 Å². The Kier molecular flexibility index (Phi) is 6.87. The van der Waals surface area contributed by atoms with Gasteiger partial charge in [0.25, 0.3) is 0 Å². The number of anilines is 1. The van der Waals surface area contributed by atoms with Crippen molar-refractivity contribution >= 4 is 11.8 Å². The zero-order valence-corrected chi connectivity index (χ0v) is 17.1. The van der Waals surface area contributed by atoms with Gasteiger partial charge >= 0.3 is 6.03 Å². The van der Waals surface area contributed by atoms with Crippen LogP contribution in [0.1, 0.15) is 31.0 Å². The summed E-state index contributed by atoms with van der Waals surface area (Å²) in [5, 5.41) is 6.09. The van der Waals surface area contributed by atoms with E-state index in [-0.39, 0.29) is 12.1 Å². The van der Waals surface area contributed by atoms with Crippen LogP contribution < -0.4 is 15.5 Å². The maximum absolute atomic E-state index is 12.5. The SMILES string of the molecule is CC(C)C(NC(=O)NCc1ccnc(N2CCN(C)CC2)c1)c1ccccc1. The first-order valence-corrected chi connectivity index (χ1v) is 10.0. The molecule has 6 heteroatoms. The van der Waals surface area contributed by atoms with Gasteiger partial charge in [-0.15, -0.1) is 0 Å². The first-order chi connectivity index (χ1) is 13.5. The van der Waals surface area contributed by atoms with Crippen molar-refractivity contribution in [1.82, 2.24) is 20.5 Å². The molecular formula is C22H31N5O. The molecule has 28 heavy (non-hydrogen) atoms. The molecule has 0 radical (unpaired) electrons. The van der Waals surface area contributed by atoms with Crippen molar-refractivity contribution in [3.8, 4) is 0 Å². The van der Waals surface area contributed by atoms with Crippen molar-refractivity contribution < 1.29 is 4.79 Å². The number of nitrogens with zero attached hydrogens (tertiary/aromatic N) is 3. The van der Waals surface area contributed by atoms with Gasteiger partial charge in [0.15, 0.2) is 0 Å². The van der Waals surface area contributed by atoms with Gasteiger partial charge < -0.3 is 20.4 Å². The molecule has 1 aromatic heterocycles. The lowest BCUT2D eigenvalue weighted by Crippen LogP contribution is -2.44. The highest BCUT2D eigenvalue weighted by Crippen LogP contribution is 2.21. The van der Waals surface area contributed by atoms with Gasteiger partial charge in [-0.2, -0.15) is 0 Å². The largest absolute Gasteiger partial charge is 0.354 e. The van der Waals surface area contributed by atoms with Gasteiger partial charge in [0.1, 0.15) is 5.82 Å². The number of amides is 2. The van der Waals surface area contributed by atoms with Crippen molar-refractivity contribution in [2.75, 3.05) is 38.1 Å². The molecule has 150 valence electrons. The number of piperazine rings is 1. The monoisotopic (exact) mass is 381 g/mol.